The molecule has 2 aromatic rings. The Hall–Kier alpha value is -2.88. The molecule has 0 aliphatic carbocycles. The molecule has 102 valence electrons. The number of fused-ring (bicyclic) bond motifs is 1. The second kappa shape index (κ2) is 4.90. The molecule has 0 radical (unpaired) electrons. The maximum Gasteiger partial charge on any atom is 0.0943 e. The van der Waals surface area contributed by atoms with Crippen molar-refractivity contribution in [2.45, 2.75) is 0 Å². The number of aromatic nitrogens is 2. The van der Waals surface area contributed by atoms with Crippen molar-refractivity contribution in [1.82, 2.24) is 14.9 Å². The van der Waals surface area contributed by atoms with Gasteiger partial charge in [-0.3, -0.25) is 9.97 Å². The lowest BCUT2D eigenvalue weighted by Gasteiger charge is -2.27. The average molecular weight is 274 g/mol. The second-order valence-electron chi connectivity index (χ2n) is 4.92. The number of hydrogen-bond acceptors (Lipinski definition) is 4. The number of anilines is 1. The van der Waals surface area contributed by atoms with Crippen molar-refractivity contribution in [3.63, 3.8) is 0 Å². The van der Waals surface area contributed by atoms with Gasteiger partial charge in [0, 0.05) is 49.3 Å². The van der Waals surface area contributed by atoms with Crippen LogP contribution in [0.1, 0.15) is 0 Å². The molecule has 0 saturated heterocycles. The van der Waals surface area contributed by atoms with Gasteiger partial charge in [0.1, 0.15) is 0 Å². The quantitative estimate of drug-likeness (QED) is 0.842. The molecule has 0 aromatic carbocycles. The molecule has 2 aliphatic heterocycles. The summed E-state index contributed by atoms with van der Waals surface area (Å²) in [6, 6.07) is 8.00. The van der Waals surface area contributed by atoms with E-state index in [9.17, 15) is 0 Å². The number of nitrogens with zero attached hydrogens (tertiary/aromatic N) is 4. The van der Waals surface area contributed by atoms with Crippen molar-refractivity contribution < 1.29 is 0 Å². The van der Waals surface area contributed by atoms with Crippen LogP contribution in [0.2, 0.25) is 0 Å². The molecule has 0 bridgehead atoms. The molecule has 0 spiro atoms. The molecule has 4 nitrogen and oxygen atoms in total. The minimum Gasteiger partial charge on any atom is -0.341 e. The molecule has 0 N–H and O–H groups in total. The van der Waals surface area contributed by atoms with Crippen molar-refractivity contribution >= 4 is 5.69 Å². The Kier molecular flexibility index (Phi) is 2.78. The first-order valence-corrected chi connectivity index (χ1v) is 6.89. The lowest BCUT2D eigenvalue weighted by atomic mass is 10.1. The highest BCUT2D eigenvalue weighted by atomic mass is 15.2. The van der Waals surface area contributed by atoms with E-state index in [2.05, 4.69) is 56.6 Å². The largest absolute Gasteiger partial charge is 0.341 e. The first kappa shape index (κ1) is 11.9. The summed E-state index contributed by atoms with van der Waals surface area (Å²) in [6.45, 7) is 0.945. The molecule has 0 atom stereocenters. The van der Waals surface area contributed by atoms with Gasteiger partial charge in [-0.15, -0.1) is 0 Å². The molecule has 0 fully saturated rings. The van der Waals surface area contributed by atoms with Gasteiger partial charge < -0.3 is 9.80 Å². The van der Waals surface area contributed by atoms with Crippen LogP contribution >= 0.6 is 0 Å². The highest BCUT2D eigenvalue weighted by Gasteiger charge is 2.17. The molecule has 2 aromatic heterocycles. The van der Waals surface area contributed by atoms with Crippen molar-refractivity contribution in [2.75, 3.05) is 11.4 Å². The molecule has 0 amide bonds. The predicted octanol–water partition coefficient (Wildman–Crippen LogP) is 3.15. The molecule has 4 rings (SSSR count). The zero-order valence-corrected chi connectivity index (χ0v) is 11.4. The summed E-state index contributed by atoms with van der Waals surface area (Å²) in [4.78, 5) is 12.9. The van der Waals surface area contributed by atoms with Crippen molar-refractivity contribution in [3.05, 3.63) is 79.3 Å². The summed E-state index contributed by atoms with van der Waals surface area (Å²) < 4.78 is 0. The number of rotatable bonds is 2. The molecule has 21 heavy (non-hydrogen) atoms. The Balaban J connectivity index is 1.78. The number of hydrogen-bond donors (Lipinski definition) is 0. The van der Waals surface area contributed by atoms with E-state index in [0.29, 0.717) is 0 Å². The highest BCUT2D eigenvalue weighted by molar-refractivity contribution is 5.76. The monoisotopic (exact) mass is 274 g/mol. The van der Waals surface area contributed by atoms with Crippen LogP contribution < -0.4 is 4.90 Å². The summed E-state index contributed by atoms with van der Waals surface area (Å²) in [5, 5.41) is 0. The van der Waals surface area contributed by atoms with Crippen LogP contribution in [-0.4, -0.2) is 21.4 Å². The fourth-order valence-electron chi connectivity index (χ4n) is 2.58. The summed E-state index contributed by atoms with van der Waals surface area (Å²) in [6.07, 6.45) is 16.0. The summed E-state index contributed by atoms with van der Waals surface area (Å²) in [7, 11) is 0. The Morgan fingerprint density at radius 3 is 2.81 bits per heavy atom. The summed E-state index contributed by atoms with van der Waals surface area (Å²) in [5.74, 6) is 0. The number of pyridine rings is 2. The maximum absolute atomic E-state index is 4.55. The van der Waals surface area contributed by atoms with Gasteiger partial charge in [-0.2, -0.15) is 0 Å². The lowest BCUT2D eigenvalue weighted by molar-refractivity contribution is 0.544. The van der Waals surface area contributed by atoms with Gasteiger partial charge in [0.2, 0.25) is 0 Å². The van der Waals surface area contributed by atoms with Gasteiger partial charge >= 0.3 is 0 Å². The van der Waals surface area contributed by atoms with E-state index in [4.69, 9.17) is 0 Å². The molecule has 0 unspecified atom stereocenters. The maximum atomic E-state index is 4.55. The molecule has 2 aliphatic rings. The average Bonchev–Trinajstić information content (AvgIpc) is 3.03. The van der Waals surface area contributed by atoms with Gasteiger partial charge in [0.25, 0.3) is 0 Å². The van der Waals surface area contributed by atoms with E-state index in [1.54, 1.807) is 12.4 Å². The van der Waals surface area contributed by atoms with Gasteiger partial charge in [0.15, 0.2) is 0 Å². The van der Waals surface area contributed by atoms with Crippen LogP contribution in [0.15, 0.2) is 79.3 Å². The first-order valence-electron chi connectivity index (χ1n) is 6.89. The smallest absolute Gasteiger partial charge is 0.0943 e. The second-order valence-corrected chi connectivity index (χ2v) is 4.92. The van der Waals surface area contributed by atoms with Crippen LogP contribution in [0.25, 0.3) is 11.3 Å². The standard InChI is InChI=1S/C17H14N4/c1-4-16(17(19-7-1)14-5-8-18-9-6-14)21-12-11-20-10-2-3-15(20)13-21/h1-9,11-13H,10H2. The van der Waals surface area contributed by atoms with E-state index in [1.165, 1.54) is 5.70 Å². The van der Waals surface area contributed by atoms with E-state index in [-0.39, 0.29) is 0 Å². The zero-order chi connectivity index (χ0) is 14.1. The predicted molar refractivity (Wildman–Crippen MR) is 83.0 cm³/mol. The number of allylic oxidation sites excluding steroid dienone is 1. The first-order chi connectivity index (χ1) is 10.4. The molecule has 4 heterocycles. The highest BCUT2D eigenvalue weighted by Crippen LogP contribution is 2.31. The van der Waals surface area contributed by atoms with Gasteiger partial charge in [0.05, 0.1) is 17.1 Å². The van der Waals surface area contributed by atoms with Gasteiger partial charge in [-0.05, 0) is 30.3 Å². The van der Waals surface area contributed by atoms with Crippen molar-refractivity contribution in [1.29, 1.82) is 0 Å². The van der Waals surface area contributed by atoms with E-state index in [0.717, 1.165) is 23.5 Å². The minimum atomic E-state index is 0.945. The van der Waals surface area contributed by atoms with Crippen LogP contribution in [0.4, 0.5) is 5.69 Å². The van der Waals surface area contributed by atoms with Crippen LogP contribution in [0.3, 0.4) is 0 Å². The Bertz CT molecular complexity index is 746. The summed E-state index contributed by atoms with van der Waals surface area (Å²) in [5.41, 5.74) is 4.28. The molecule has 4 heteroatoms. The van der Waals surface area contributed by atoms with Crippen LogP contribution in [-0.2, 0) is 0 Å². The SMILES string of the molecule is C1=CC2=CN(c3cccnc3-c3ccncc3)C=CN2C1. The lowest BCUT2D eigenvalue weighted by Crippen LogP contribution is -2.21. The van der Waals surface area contributed by atoms with Gasteiger partial charge in [-0.25, -0.2) is 0 Å². The molecular formula is C17H14N4. The summed E-state index contributed by atoms with van der Waals surface area (Å²) >= 11 is 0. The van der Waals surface area contributed by atoms with Crippen LogP contribution in [0.5, 0.6) is 0 Å². The van der Waals surface area contributed by atoms with E-state index >= 15 is 0 Å². The van der Waals surface area contributed by atoms with Crippen molar-refractivity contribution in [2.24, 2.45) is 0 Å². The van der Waals surface area contributed by atoms with E-state index < -0.39 is 0 Å². The normalized spacial score (nSPS) is 16.1. The van der Waals surface area contributed by atoms with Gasteiger partial charge in [-0.1, -0.05) is 6.08 Å². The Morgan fingerprint density at radius 2 is 1.90 bits per heavy atom. The fraction of sp³-hybridized carbons (Fsp3) is 0.0588. The Labute approximate surface area is 123 Å². The third kappa shape index (κ3) is 2.10. The third-order valence-electron chi connectivity index (χ3n) is 3.62. The third-order valence-corrected chi connectivity index (χ3v) is 3.62. The molecular weight excluding hydrogens is 260 g/mol. The molecule has 0 saturated carbocycles. The van der Waals surface area contributed by atoms with E-state index in [1.807, 2.05) is 24.4 Å². The zero-order valence-electron chi connectivity index (χ0n) is 11.4. The van der Waals surface area contributed by atoms with Crippen molar-refractivity contribution in [3.8, 4) is 11.3 Å². The van der Waals surface area contributed by atoms with Crippen LogP contribution in [0, 0.1) is 0 Å². The Morgan fingerprint density at radius 1 is 1.00 bits per heavy atom. The topological polar surface area (TPSA) is 32.3 Å². The minimum absolute atomic E-state index is 0.945. The fourth-order valence-corrected chi connectivity index (χ4v) is 2.58.